The minimum Gasteiger partial charge on any atom is -0.385 e. The van der Waals surface area contributed by atoms with Crippen molar-refractivity contribution in [2.75, 3.05) is 6.54 Å². The highest BCUT2D eigenvalue weighted by Crippen LogP contribution is 2.48. The average Bonchev–Trinajstić information content (AvgIpc) is 2.49. The monoisotopic (exact) mass is 375 g/mol. The summed E-state index contributed by atoms with van der Waals surface area (Å²) in [4.78, 5) is 1.29. The molecule has 0 amide bonds. The lowest BCUT2D eigenvalue weighted by Crippen LogP contribution is -2.61. The van der Waals surface area contributed by atoms with E-state index in [1.54, 1.807) is 12.2 Å². The highest BCUT2D eigenvalue weighted by molar-refractivity contribution is 5.08. The Labute approximate surface area is 141 Å². The Morgan fingerprint density at radius 2 is 1.64 bits per heavy atom. The topological polar surface area (TPSA) is 23.5 Å². The minimum atomic E-state index is -6.47. The van der Waals surface area contributed by atoms with Gasteiger partial charge in [-0.1, -0.05) is 24.3 Å². The van der Waals surface area contributed by atoms with E-state index in [2.05, 4.69) is 13.2 Å². The Hall–Kier alpha value is -1.35. The van der Waals surface area contributed by atoms with Gasteiger partial charge in [0.2, 0.25) is 0 Å². The third-order valence-electron chi connectivity index (χ3n) is 4.09. The molecule has 1 aliphatic rings. The van der Waals surface area contributed by atoms with Gasteiger partial charge in [0.1, 0.15) is 6.10 Å². The smallest absolute Gasteiger partial charge is 0.385 e. The fourth-order valence-corrected chi connectivity index (χ4v) is 2.72. The molecule has 0 radical (unpaired) electrons. The van der Waals surface area contributed by atoms with E-state index < -0.39 is 42.8 Å². The molecule has 0 bridgehead atoms. The van der Waals surface area contributed by atoms with E-state index in [1.165, 1.54) is 17.1 Å². The van der Waals surface area contributed by atoms with Gasteiger partial charge < -0.3 is 5.11 Å². The van der Waals surface area contributed by atoms with E-state index in [-0.39, 0.29) is 6.42 Å². The van der Waals surface area contributed by atoms with Gasteiger partial charge in [-0.3, -0.25) is 4.90 Å². The number of halogens is 7. The largest absolute Gasteiger partial charge is 0.459 e. The van der Waals surface area contributed by atoms with Gasteiger partial charge in [-0.15, -0.1) is 13.2 Å². The molecule has 1 aliphatic heterocycles. The molecule has 0 fully saturated rings. The van der Waals surface area contributed by atoms with Gasteiger partial charge in [-0.2, -0.15) is 30.7 Å². The van der Waals surface area contributed by atoms with Crippen LogP contribution in [0.15, 0.2) is 37.5 Å². The summed E-state index contributed by atoms with van der Waals surface area (Å²) in [6, 6.07) is -0.987. The normalized spacial score (nSPS) is 24.2. The first kappa shape index (κ1) is 21.7. The molecule has 0 unspecified atom stereocenters. The fraction of sp³-hybridized carbons (Fsp3) is 0.625. The number of rotatable bonds is 8. The maximum absolute atomic E-state index is 13.7. The zero-order chi connectivity index (χ0) is 19.5. The second-order valence-corrected chi connectivity index (χ2v) is 5.84. The SMILES string of the molecule is C=CC[C@H]1CC=C[C@@H](CC=C)N1C[C@H](O)C(F)(F)C(F)(F)C(F)(F)F. The molecule has 0 aromatic carbocycles. The first-order valence-corrected chi connectivity index (χ1v) is 7.54. The van der Waals surface area contributed by atoms with E-state index in [4.69, 9.17) is 0 Å². The summed E-state index contributed by atoms with van der Waals surface area (Å²) in [5.74, 6) is -12.0. The number of aliphatic hydroxyl groups is 1. The third-order valence-corrected chi connectivity index (χ3v) is 4.09. The van der Waals surface area contributed by atoms with Crippen LogP contribution in [-0.2, 0) is 0 Å². The van der Waals surface area contributed by atoms with Crippen molar-refractivity contribution in [3.8, 4) is 0 Å². The second-order valence-electron chi connectivity index (χ2n) is 5.84. The molecule has 0 saturated heterocycles. The van der Waals surface area contributed by atoms with E-state index in [0.29, 0.717) is 12.8 Å². The standard InChI is InChI=1S/C16H20F7NO/c1-3-6-11-8-5-9-12(7-4-2)24(11)10-13(25)14(17,18)15(19,20)16(21,22)23/h3-5,8,11-13,25H,1-2,6-7,9-10H2/t11-,12+,13+/m1/s1. The van der Waals surface area contributed by atoms with Gasteiger partial charge in [-0.05, 0) is 19.3 Å². The highest BCUT2D eigenvalue weighted by Gasteiger charge is 2.75. The van der Waals surface area contributed by atoms with Crippen LogP contribution < -0.4 is 0 Å². The Bertz CT molecular complexity index is 501. The lowest BCUT2D eigenvalue weighted by atomic mass is 9.95. The summed E-state index contributed by atoms with van der Waals surface area (Å²) in [5, 5.41) is 9.55. The van der Waals surface area contributed by atoms with Crippen molar-refractivity contribution in [1.82, 2.24) is 4.90 Å². The average molecular weight is 375 g/mol. The van der Waals surface area contributed by atoms with Crippen LogP contribution in [0.5, 0.6) is 0 Å². The molecular weight excluding hydrogens is 355 g/mol. The first-order valence-electron chi connectivity index (χ1n) is 7.54. The number of alkyl halides is 7. The van der Waals surface area contributed by atoms with Crippen LogP contribution in [0.2, 0.25) is 0 Å². The number of hydrogen-bond donors (Lipinski definition) is 1. The van der Waals surface area contributed by atoms with Gasteiger partial charge in [0.25, 0.3) is 0 Å². The lowest BCUT2D eigenvalue weighted by Gasteiger charge is -2.41. The Morgan fingerprint density at radius 3 is 2.12 bits per heavy atom. The summed E-state index contributed by atoms with van der Waals surface area (Å²) >= 11 is 0. The highest BCUT2D eigenvalue weighted by atomic mass is 19.4. The molecule has 1 rings (SSSR count). The fourth-order valence-electron chi connectivity index (χ4n) is 2.72. The van der Waals surface area contributed by atoms with Gasteiger partial charge in [0.15, 0.2) is 0 Å². The third kappa shape index (κ3) is 4.44. The second kappa shape index (κ2) is 7.90. The summed E-state index contributed by atoms with van der Waals surface area (Å²) in [7, 11) is 0. The van der Waals surface area contributed by atoms with Crippen LogP contribution in [-0.4, -0.2) is 52.8 Å². The van der Waals surface area contributed by atoms with E-state index in [9.17, 15) is 35.8 Å². The maximum Gasteiger partial charge on any atom is 0.459 e. The molecule has 1 heterocycles. The van der Waals surface area contributed by atoms with E-state index >= 15 is 0 Å². The van der Waals surface area contributed by atoms with Crippen molar-refractivity contribution in [1.29, 1.82) is 0 Å². The van der Waals surface area contributed by atoms with Crippen LogP contribution in [0.1, 0.15) is 19.3 Å². The van der Waals surface area contributed by atoms with Crippen molar-refractivity contribution in [3.63, 3.8) is 0 Å². The van der Waals surface area contributed by atoms with Crippen molar-refractivity contribution in [2.24, 2.45) is 0 Å². The summed E-state index contributed by atoms with van der Waals surface area (Å²) in [5.41, 5.74) is 0. The molecule has 2 nitrogen and oxygen atoms in total. The number of hydrogen-bond acceptors (Lipinski definition) is 2. The van der Waals surface area contributed by atoms with Gasteiger partial charge in [0, 0.05) is 18.6 Å². The molecule has 1 N–H and O–H groups in total. The van der Waals surface area contributed by atoms with Crippen molar-refractivity contribution in [3.05, 3.63) is 37.5 Å². The molecular formula is C16H20F7NO. The Morgan fingerprint density at radius 1 is 1.08 bits per heavy atom. The molecule has 0 spiro atoms. The van der Waals surface area contributed by atoms with E-state index in [1.807, 2.05) is 0 Å². The van der Waals surface area contributed by atoms with E-state index in [0.717, 1.165) is 0 Å². The summed E-state index contributed by atoms with van der Waals surface area (Å²) in [6.45, 7) is 5.97. The van der Waals surface area contributed by atoms with Crippen LogP contribution in [0, 0.1) is 0 Å². The summed E-state index contributed by atoms with van der Waals surface area (Å²) in [6.07, 6.45) is -2.42. The zero-order valence-corrected chi connectivity index (χ0v) is 13.3. The molecule has 144 valence electrons. The molecule has 0 aromatic rings. The van der Waals surface area contributed by atoms with Crippen LogP contribution in [0.3, 0.4) is 0 Å². The van der Waals surface area contributed by atoms with Gasteiger partial charge in [-0.25, -0.2) is 0 Å². The zero-order valence-electron chi connectivity index (χ0n) is 13.3. The maximum atomic E-state index is 13.7. The molecule has 0 saturated carbocycles. The Balaban J connectivity index is 3.07. The van der Waals surface area contributed by atoms with Crippen LogP contribution in [0.25, 0.3) is 0 Å². The van der Waals surface area contributed by atoms with Gasteiger partial charge in [0.05, 0.1) is 0 Å². The number of aliphatic hydroxyl groups excluding tert-OH is 1. The Kier molecular flexibility index (Phi) is 6.86. The predicted octanol–water partition coefficient (Wildman–Crippen LogP) is 4.33. The van der Waals surface area contributed by atoms with Gasteiger partial charge >= 0.3 is 18.0 Å². The van der Waals surface area contributed by atoms with Crippen molar-refractivity contribution < 1.29 is 35.8 Å². The predicted molar refractivity (Wildman–Crippen MR) is 79.6 cm³/mol. The molecule has 0 aromatic heterocycles. The molecule has 9 heteroatoms. The number of β-amino-alcohol motifs (C(OH)–C–C–N with tert-alkyl or cyclic N) is 1. The van der Waals surface area contributed by atoms with Crippen molar-refractivity contribution in [2.45, 2.75) is 55.5 Å². The van der Waals surface area contributed by atoms with Crippen molar-refractivity contribution >= 4 is 0 Å². The lowest BCUT2D eigenvalue weighted by molar-refractivity contribution is -0.371. The first-order chi connectivity index (χ1) is 11.4. The minimum absolute atomic E-state index is 0.262. The summed E-state index contributed by atoms with van der Waals surface area (Å²) < 4.78 is 90.4. The van der Waals surface area contributed by atoms with Crippen LogP contribution >= 0.6 is 0 Å². The number of nitrogens with zero attached hydrogens (tertiary/aromatic N) is 1. The molecule has 25 heavy (non-hydrogen) atoms. The quantitative estimate of drug-likeness (QED) is 0.504. The molecule has 3 atom stereocenters. The van der Waals surface area contributed by atoms with Crippen LogP contribution in [0.4, 0.5) is 30.7 Å². The molecule has 0 aliphatic carbocycles.